The second-order valence-electron chi connectivity index (χ2n) is 4.85. The summed E-state index contributed by atoms with van der Waals surface area (Å²) in [6.07, 6.45) is 0.627. The molecule has 0 radical (unpaired) electrons. The fourth-order valence-corrected chi connectivity index (χ4v) is 2.77. The van der Waals surface area contributed by atoms with Gasteiger partial charge in [0, 0.05) is 6.42 Å². The molecule has 1 fully saturated rings. The number of carbonyl (C=O) groups excluding carboxylic acids is 1. The van der Waals surface area contributed by atoms with E-state index in [1.54, 1.807) is 12.1 Å². The molecule has 20 heavy (non-hydrogen) atoms. The summed E-state index contributed by atoms with van der Waals surface area (Å²) in [5.41, 5.74) is 1.66. The van der Waals surface area contributed by atoms with E-state index in [-0.39, 0.29) is 5.97 Å². The maximum absolute atomic E-state index is 12.4. The van der Waals surface area contributed by atoms with Gasteiger partial charge in [0.25, 0.3) is 0 Å². The van der Waals surface area contributed by atoms with Crippen molar-refractivity contribution in [2.45, 2.75) is 11.8 Å². The van der Waals surface area contributed by atoms with E-state index >= 15 is 0 Å². The van der Waals surface area contributed by atoms with Gasteiger partial charge in [0.1, 0.15) is 5.41 Å². The van der Waals surface area contributed by atoms with Gasteiger partial charge >= 0.3 is 5.97 Å². The minimum atomic E-state index is -0.741. The first-order chi connectivity index (χ1) is 9.77. The van der Waals surface area contributed by atoms with E-state index in [0.717, 1.165) is 11.1 Å². The smallest absolute Gasteiger partial charge is 0.321 e. The molecule has 3 rings (SSSR count). The number of rotatable bonds is 2. The third-order valence-electron chi connectivity index (χ3n) is 3.83. The molecule has 0 N–H and O–H groups in total. The first-order valence-electron chi connectivity index (χ1n) is 6.51. The molecule has 1 unspecified atom stereocenters. The van der Waals surface area contributed by atoms with E-state index in [9.17, 15) is 4.79 Å². The Balaban J connectivity index is 2.16. The van der Waals surface area contributed by atoms with Gasteiger partial charge < -0.3 is 4.74 Å². The Morgan fingerprint density at radius 2 is 1.65 bits per heavy atom. The molecule has 2 aromatic carbocycles. The van der Waals surface area contributed by atoms with Crippen molar-refractivity contribution in [3.63, 3.8) is 0 Å². The van der Waals surface area contributed by atoms with E-state index in [4.69, 9.17) is 10.00 Å². The molecule has 1 heterocycles. The van der Waals surface area contributed by atoms with Crippen molar-refractivity contribution in [3.8, 4) is 6.07 Å². The number of nitriles is 1. The molecule has 0 aliphatic carbocycles. The molecule has 0 saturated carbocycles. The summed E-state index contributed by atoms with van der Waals surface area (Å²) < 4.78 is 5.23. The summed E-state index contributed by atoms with van der Waals surface area (Å²) in [7, 11) is 0. The Kier molecular flexibility index (Phi) is 3.00. The van der Waals surface area contributed by atoms with Gasteiger partial charge in [-0.05, 0) is 23.3 Å². The number of hydrogen-bond acceptors (Lipinski definition) is 3. The minimum Gasteiger partial charge on any atom is -0.465 e. The van der Waals surface area contributed by atoms with Crippen LogP contribution in [0.25, 0.3) is 0 Å². The average Bonchev–Trinajstić information content (AvgIpc) is 2.91. The molecule has 3 heteroatoms. The van der Waals surface area contributed by atoms with Crippen molar-refractivity contribution in [2.24, 2.45) is 0 Å². The van der Waals surface area contributed by atoms with E-state index in [1.807, 2.05) is 42.5 Å². The molecular weight excluding hydrogens is 250 g/mol. The molecule has 98 valence electrons. The highest BCUT2D eigenvalue weighted by atomic mass is 16.5. The third kappa shape index (κ3) is 1.78. The zero-order chi connectivity index (χ0) is 14.0. The topological polar surface area (TPSA) is 50.1 Å². The predicted molar refractivity (Wildman–Crippen MR) is 74.0 cm³/mol. The summed E-state index contributed by atoms with van der Waals surface area (Å²) >= 11 is 0. The molecule has 0 aromatic heterocycles. The molecule has 1 aliphatic heterocycles. The lowest BCUT2D eigenvalue weighted by atomic mass is 9.73. The van der Waals surface area contributed by atoms with Crippen LogP contribution in [0, 0.1) is 11.3 Å². The first kappa shape index (κ1) is 12.4. The fraction of sp³-hybridized carbons (Fsp3) is 0.176. The van der Waals surface area contributed by atoms with Crippen molar-refractivity contribution < 1.29 is 9.53 Å². The highest BCUT2D eigenvalue weighted by Gasteiger charge is 2.47. The Morgan fingerprint density at radius 1 is 1.00 bits per heavy atom. The van der Waals surface area contributed by atoms with E-state index < -0.39 is 5.41 Å². The second kappa shape index (κ2) is 4.82. The number of benzene rings is 2. The number of cyclic esters (lactones) is 1. The minimum absolute atomic E-state index is 0.214. The van der Waals surface area contributed by atoms with Crippen LogP contribution in [-0.2, 0) is 14.9 Å². The van der Waals surface area contributed by atoms with Gasteiger partial charge in [0.15, 0.2) is 0 Å². The molecule has 1 atom stereocenters. The lowest BCUT2D eigenvalue weighted by Crippen LogP contribution is -2.32. The van der Waals surface area contributed by atoms with Crippen LogP contribution in [0.15, 0.2) is 54.6 Å². The molecule has 0 amide bonds. The second-order valence-corrected chi connectivity index (χ2v) is 4.85. The highest BCUT2D eigenvalue weighted by Crippen LogP contribution is 2.40. The molecule has 3 nitrogen and oxygen atoms in total. The Hall–Kier alpha value is -2.60. The summed E-state index contributed by atoms with van der Waals surface area (Å²) in [6, 6.07) is 18.9. The molecule has 0 spiro atoms. The molecular formula is C17H13NO2. The molecule has 1 aliphatic rings. The monoisotopic (exact) mass is 263 g/mol. The van der Waals surface area contributed by atoms with Crippen LogP contribution in [0.3, 0.4) is 0 Å². The summed E-state index contributed by atoms with van der Waals surface area (Å²) in [6.45, 7) is 0.424. The number of hydrogen-bond donors (Lipinski definition) is 0. The average molecular weight is 263 g/mol. The fourth-order valence-electron chi connectivity index (χ4n) is 2.77. The Morgan fingerprint density at radius 3 is 2.20 bits per heavy atom. The zero-order valence-corrected chi connectivity index (χ0v) is 10.9. The molecule has 1 saturated heterocycles. The van der Waals surface area contributed by atoms with Crippen molar-refractivity contribution in [1.29, 1.82) is 5.26 Å². The number of ether oxygens (including phenoxy) is 1. The van der Waals surface area contributed by atoms with Crippen LogP contribution in [0.5, 0.6) is 0 Å². The van der Waals surface area contributed by atoms with E-state index in [2.05, 4.69) is 6.07 Å². The van der Waals surface area contributed by atoms with E-state index in [1.165, 1.54) is 0 Å². The van der Waals surface area contributed by atoms with Crippen LogP contribution in [-0.4, -0.2) is 12.6 Å². The largest absolute Gasteiger partial charge is 0.465 e. The normalized spacial score (nSPS) is 21.2. The lowest BCUT2D eigenvalue weighted by Gasteiger charge is -2.25. The summed E-state index contributed by atoms with van der Waals surface area (Å²) in [5, 5.41) is 8.89. The van der Waals surface area contributed by atoms with Gasteiger partial charge in [-0.25, -0.2) is 0 Å². The Bertz CT molecular complexity index is 670. The maximum Gasteiger partial charge on any atom is 0.321 e. The van der Waals surface area contributed by atoms with Gasteiger partial charge in [0.2, 0.25) is 0 Å². The summed E-state index contributed by atoms with van der Waals surface area (Å²) in [5.74, 6) is -0.214. The van der Waals surface area contributed by atoms with Crippen LogP contribution in [0.1, 0.15) is 23.1 Å². The van der Waals surface area contributed by atoms with Crippen molar-refractivity contribution >= 4 is 5.97 Å². The number of carbonyl (C=O) groups is 1. The Labute approximate surface area is 117 Å². The molecule has 2 aromatic rings. The van der Waals surface area contributed by atoms with Crippen LogP contribution in [0.4, 0.5) is 0 Å². The van der Waals surface area contributed by atoms with Crippen molar-refractivity contribution in [1.82, 2.24) is 0 Å². The van der Waals surface area contributed by atoms with Gasteiger partial charge in [-0.1, -0.05) is 42.5 Å². The van der Waals surface area contributed by atoms with Gasteiger partial charge in [-0.2, -0.15) is 5.26 Å². The van der Waals surface area contributed by atoms with Crippen LogP contribution >= 0.6 is 0 Å². The zero-order valence-electron chi connectivity index (χ0n) is 10.9. The van der Waals surface area contributed by atoms with E-state index in [0.29, 0.717) is 18.6 Å². The van der Waals surface area contributed by atoms with Gasteiger partial charge in [-0.3, -0.25) is 4.79 Å². The van der Waals surface area contributed by atoms with Crippen LogP contribution < -0.4 is 0 Å². The molecule has 0 bridgehead atoms. The summed E-state index contributed by atoms with van der Waals surface area (Å²) in [4.78, 5) is 12.4. The standard InChI is InChI=1S/C17H13NO2/c18-12-13-6-8-15(9-7-13)17(10-11-20-16(17)19)14-4-2-1-3-5-14/h1-9H,10-11H2. The number of nitrogens with zero attached hydrogens (tertiary/aromatic N) is 1. The highest BCUT2D eigenvalue weighted by molar-refractivity contribution is 5.89. The van der Waals surface area contributed by atoms with Gasteiger partial charge in [-0.15, -0.1) is 0 Å². The predicted octanol–water partition coefficient (Wildman–Crippen LogP) is 2.79. The lowest BCUT2D eigenvalue weighted by molar-refractivity contribution is -0.141. The van der Waals surface area contributed by atoms with Crippen molar-refractivity contribution in [2.75, 3.05) is 6.61 Å². The SMILES string of the molecule is N#Cc1ccc(C2(c3ccccc3)CCOC2=O)cc1. The number of esters is 1. The quantitative estimate of drug-likeness (QED) is 0.783. The maximum atomic E-state index is 12.4. The van der Waals surface area contributed by atoms with Crippen LogP contribution in [0.2, 0.25) is 0 Å². The van der Waals surface area contributed by atoms with Gasteiger partial charge in [0.05, 0.1) is 18.2 Å². The first-order valence-corrected chi connectivity index (χ1v) is 6.51. The third-order valence-corrected chi connectivity index (χ3v) is 3.83. The van der Waals surface area contributed by atoms with Crippen molar-refractivity contribution in [3.05, 3.63) is 71.3 Å².